The summed E-state index contributed by atoms with van der Waals surface area (Å²) >= 11 is 5.98. The van der Waals surface area contributed by atoms with Crippen LogP contribution in [0.5, 0.6) is 0 Å². The molecule has 70 valence electrons. The van der Waals surface area contributed by atoms with Crippen molar-refractivity contribution in [2.45, 2.75) is 26.2 Å². The minimum atomic E-state index is 0.266. The molecule has 1 aliphatic rings. The van der Waals surface area contributed by atoms with Crippen LogP contribution >= 0.6 is 11.6 Å². The predicted octanol–water partition coefficient (Wildman–Crippen LogP) is 1.97. The fourth-order valence-electron chi connectivity index (χ4n) is 1.42. The summed E-state index contributed by atoms with van der Waals surface area (Å²) in [6.07, 6.45) is 3.62. The van der Waals surface area contributed by atoms with Crippen LogP contribution in [0.15, 0.2) is 0 Å². The van der Waals surface area contributed by atoms with E-state index in [2.05, 4.69) is 9.97 Å². The lowest BCUT2D eigenvalue weighted by Gasteiger charge is -2.06. The van der Waals surface area contributed by atoms with Crippen molar-refractivity contribution < 1.29 is 0 Å². The van der Waals surface area contributed by atoms with Gasteiger partial charge in [0.2, 0.25) is 5.95 Å². The second-order valence-electron chi connectivity index (χ2n) is 3.58. The van der Waals surface area contributed by atoms with Gasteiger partial charge in [-0.25, -0.2) is 9.97 Å². The van der Waals surface area contributed by atoms with E-state index in [0.29, 0.717) is 5.15 Å². The molecule has 0 atom stereocenters. The first-order chi connectivity index (χ1) is 6.16. The fourth-order valence-corrected chi connectivity index (χ4v) is 1.72. The molecule has 2 N–H and O–H groups in total. The van der Waals surface area contributed by atoms with Gasteiger partial charge in [-0.05, 0) is 32.1 Å². The molecule has 0 radical (unpaired) electrons. The van der Waals surface area contributed by atoms with Crippen molar-refractivity contribution in [2.75, 3.05) is 5.73 Å². The molecule has 0 aliphatic heterocycles. The molecule has 1 heterocycles. The van der Waals surface area contributed by atoms with Crippen molar-refractivity contribution in [2.24, 2.45) is 5.92 Å². The van der Waals surface area contributed by atoms with Crippen LogP contribution in [0.25, 0.3) is 0 Å². The molecule has 0 spiro atoms. The molecule has 0 aromatic carbocycles. The largest absolute Gasteiger partial charge is 0.368 e. The number of nitrogens with two attached hydrogens (primary N) is 1. The number of nitrogens with zero attached hydrogens (tertiary/aromatic N) is 2. The first kappa shape index (κ1) is 8.75. The summed E-state index contributed by atoms with van der Waals surface area (Å²) < 4.78 is 0. The monoisotopic (exact) mass is 197 g/mol. The standard InChI is InChI=1S/C9H12ClN3/c1-5-7(4-6-2-3-6)8(10)13-9(11)12-5/h6H,2-4H2,1H3,(H2,11,12,13). The van der Waals surface area contributed by atoms with Crippen LogP contribution in [0.4, 0.5) is 5.95 Å². The molecule has 0 unspecified atom stereocenters. The lowest BCUT2D eigenvalue weighted by molar-refractivity contribution is 0.811. The summed E-state index contributed by atoms with van der Waals surface area (Å²) in [6.45, 7) is 1.93. The number of nitrogen functional groups attached to an aromatic ring is 1. The molecule has 4 heteroatoms. The first-order valence-electron chi connectivity index (χ1n) is 4.45. The molecule has 0 bridgehead atoms. The SMILES string of the molecule is Cc1nc(N)nc(Cl)c1CC1CC1. The Hall–Kier alpha value is -0.830. The number of aromatic nitrogens is 2. The molecule has 1 saturated carbocycles. The summed E-state index contributed by atoms with van der Waals surface area (Å²) in [5.74, 6) is 1.06. The Labute approximate surface area is 82.3 Å². The van der Waals surface area contributed by atoms with E-state index in [4.69, 9.17) is 17.3 Å². The van der Waals surface area contributed by atoms with Gasteiger partial charge in [-0.3, -0.25) is 0 Å². The number of halogens is 1. The Morgan fingerprint density at radius 2 is 2.15 bits per heavy atom. The van der Waals surface area contributed by atoms with Crippen LogP contribution < -0.4 is 5.73 Å². The van der Waals surface area contributed by atoms with Gasteiger partial charge in [-0.15, -0.1) is 0 Å². The Bertz CT molecular complexity index is 311. The second-order valence-corrected chi connectivity index (χ2v) is 3.94. The van der Waals surface area contributed by atoms with Crippen molar-refractivity contribution in [3.8, 4) is 0 Å². The van der Waals surface area contributed by atoms with Crippen molar-refractivity contribution in [1.29, 1.82) is 0 Å². The molecule has 3 nitrogen and oxygen atoms in total. The number of hydrogen-bond donors (Lipinski definition) is 1. The minimum Gasteiger partial charge on any atom is -0.368 e. The molecule has 1 fully saturated rings. The van der Waals surface area contributed by atoms with E-state index >= 15 is 0 Å². The van der Waals surface area contributed by atoms with E-state index in [1.54, 1.807) is 0 Å². The smallest absolute Gasteiger partial charge is 0.221 e. The predicted molar refractivity (Wildman–Crippen MR) is 52.6 cm³/mol. The minimum absolute atomic E-state index is 0.266. The molecule has 13 heavy (non-hydrogen) atoms. The van der Waals surface area contributed by atoms with Crippen LogP contribution in [0, 0.1) is 12.8 Å². The summed E-state index contributed by atoms with van der Waals surface area (Å²) in [5, 5.41) is 0.525. The summed E-state index contributed by atoms with van der Waals surface area (Å²) in [4.78, 5) is 8.04. The molecule has 1 aromatic heterocycles. The third-order valence-electron chi connectivity index (χ3n) is 2.37. The summed E-state index contributed by atoms with van der Waals surface area (Å²) in [6, 6.07) is 0. The van der Waals surface area contributed by atoms with E-state index in [9.17, 15) is 0 Å². The van der Waals surface area contributed by atoms with Gasteiger partial charge >= 0.3 is 0 Å². The number of anilines is 1. The Morgan fingerprint density at radius 1 is 1.46 bits per heavy atom. The average Bonchev–Trinajstić information content (AvgIpc) is 2.79. The van der Waals surface area contributed by atoms with Gasteiger partial charge in [-0.1, -0.05) is 11.6 Å². The van der Waals surface area contributed by atoms with Gasteiger partial charge in [0.15, 0.2) is 0 Å². The molecular formula is C9H12ClN3. The number of hydrogen-bond acceptors (Lipinski definition) is 3. The summed E-state index contributed by atoms with van der Waals surface area (Å²) in [7, 11) is 0. The highest BCUT2D eigenvalue weighted by atomic mass is 35.5. The van der Waals surface area contributed by atoms with Crippen LogP contribution in [0.3, 0.4) is 0 Å². The maximum Gasteiger partial charge on any atom is 0.221 e. The zero-order chi connectivity index (χ0) is 9.42. The van der Waals surface area contributed by atoms with Crippen LogP contribution in [0.2, 0.25) is 5.15 Å². The summed E-state index contributed by atoms with van der Waals surface area (Å²) in [5.41, 5.74) is 7.46. The fraction of sp³-hybridized carbons (Fsp3) is 0.556. The van der Waals surface area contributed by atoms with Gasteiger partial charge in [-0.2, -0.15) is 0 Å². The Kier molecular flexibility index (Phi) is 2.12. The zero-order valence-corrected chi connectivity index (χ0v) is 8.30. The number of aryl methyl sites for hydroxylation is 1. The third-order valence-corrected chi connectivity index (χ3v) is 2.68. The second kappa shape index (κ2) is 3.14. The molecule has 1 aliphatic carbocycles. The van der Waals surface area contributed by atoms with Gasteiger partial charge in [0.05, 0.1) is 0 Å². The third kappa shape index (κ3) is 1.91. The van der Waals surface area contributed by atoms with E-state index < -0.39 is 0 Å². The molecule has 0 saturated heterocycles. The molecule has 2 rings (SSSR count). The van der Waals surface area contributed by atoms with Crippen LogP contribution in [-0.4, -0.2) is 9.97 Å². The lowest BCUT2D eigenvalue weighted by atomic mass is 10.1. The number of rotatable bonds is 2. The average molecular weight is 198 g/mol. The van der Waals surface area contributed by atoms with Crippen molar-refractivity contribution >= 4 is 17.5 Å². The highest BCUT2D eigenvalue weighted by Gasteiger charge is 2.24. The quantitative estimate of drug-likeness (QED) is 0.738. The van der Waals surface area contributed by atoms with Gasteiger partial charge in [0.25, 0.3) is 0 Å². The van der Waals surface area contributed by atoms with E-state index in [-0.39, 0.29) is 5.95 Å². The van der Waals surface area contributed by atoms with Crippen molar-refractivity contribution in [1.82, 2.24) is 9.97 Å². The highest BCUT2D eigenvalue weighted by Crippen LogP contribution is 2.34. The van der Waals surface area contributed by atoms with E-state index in [1.807, 2.05) is 6.92 Å². The van der Waals surface area contributed by atoms with E-state index in [1.165, 1.54) is 12.8 Å². The maximum atomic E-state index is 5.98. The highest BCUT2D eigenvalue weighted by molar-refractivity contribution is 6.30. The Morgan fingerprint density at radius 3 is 2.69 bits per heavy atom. The topological polar surface area (TPSA) is 51.8 Å². The lowest BCUT2D eigenvalue weighted by Crippen LogP contribution is -2.03. The van der Waals surface area contributed by atoms with Crippen LogP contribution in [0.1, 0.15) is 24.1 Å². The normalized spacial score (nSPS) is 16.2. The molecule has 0 amide bonds. The molecular weight excluding hydrogens is 186 g/mol. The van der Waals surface area contributed by atoms with Gasteiger partial charge < -0.3 is 5.73 Å². The zero-order valence-electron chi connectivity index (χ0n) is 7.55. The van der Waals surface area contributed by atoms with Gasteiger partial charge in [0, 0.05) is 11.3 Å². The first-order valence-corrected chi connectivity index (χ1v) is 4.83. The molecule has 1 aromatic rings. The maximum absolute atomic E-state index is 5.98. The van der Waals surface area contributed by atoms with Crippen LogP contribution in [-0.2, 0) is 6.42 Å². The Balaban J connectivity index is 2.31. The van der Waals surface area contributed by atoms with Crippen molar-refractivity contribution in [3.63, 3.8) is 0 Å². The van der Waals surface area contributed by atoms with Crippen molar-refractivity contribution in [3.05, 3.63) is 16.4 Å². The van der Waals surface area contributed by atoms with Gasteiger partial charge in [0.1, 0.15) is 5.15 Å². The van der Waals surface area contributed by atoms with E-state index in [0.717, 1.165) is 23.6 Å².